The molecule has 1 heterocycles. The van der Waals surface area contributed by atoms with E-state index in [4.69, 9.17) is 21.2 Å². The van der Waals surface area contributed by atoms with Crippen molar-refractivity contribution in [2.75, 3.05) is 0 Å². The summed E-state index contributed by atoms with van der Waals surface area (Å²) in [6.07, 6.45) is 3.02. The van der Waals surface area contributed by atoms with Crippen LogP contribution in [0.25, 0.3) is 11.3 Å². The van der Waals surface area contributed by atoms with E-state index in [1.54, 1.807) is 11.7 Å². The maximum absolute atomic E-state index is 12.2. The first-order valence-corrected chi connectivity index (χ1v) is 8.21. The summed E-state index contributed by atoms with van der Waals surface area (Å²) in [5, 5.41) is 9.11. The van der Waals surface area contributed by atoms with Crippen molar-refractivity contribution in [2.45, 2.75) is 16.7 Å². The van der Waals surface area contributed by atoms with Crippen LogP contribution in [0.1, 0.15) is 23.0 Å². The van der Waals surface area contributed by atoms with Gasteiger partial charge in [0, 0.05) is 17.4 Å². The highest BCUT2D eigenvalue weighted by Crippen LogP contribution is 2.67. The molecule has 1 amide bonds. The van der Waals surface area contributed by atoms with Crippen LogP contribution in [0.4, 0.5) is 0 Å². The minimum atomic E-state index is -1.20. The number of hydrogen-bond acceptors (Lipinski definition) is 4. The van der Waals surface area contributed by atoms with Crippen molar-refractivity contribution in [1.82, 2.24) is 10.5 Å². The topological polar surface area (TPSA) is 75.4 Å². The molecule has 126 valence electrons. The summed E-state index contributed by atoms with van der Waals surface area (Å²) >= 11 is 6.63. The molecule has 2 aromatic carbocycles. The minimum Gasteiger partial charge on any atom is -0.444 e. The molecule has 3 atom stereocenters. The van der Waals surface area contributed by atoms with Gasteiger partial charge in [-0.05, 0) is 11.1 Å². The van der Waals surface area contributed by atoms with Crippen LogP contribution in [0.3, 0.4) is 0 Å². The number of oxazole rings is 1. The van der Waals surface area contributed by atoms with Crippen LogP contribution in [0.2, 0.25) is 0 Å². The van der Waals surface area contributed by atoms with Crippen molar-refractivity contribution in [3.05, 3.63) is 78.3 Å². The Bertz CT molecular complexity index is 881. The average Bonchev–Trinajstić information content (AvgIpc) is 3.02. The van der Waals surface area contributed by atoms with Crippen LogP contribution >= 0.6 is 11.6 Å². The Morgan fingerprint density at radius 1 is 1.08 bits per heavy atom. The molecule has 2 N–H and O–H groups in total. The van der Waals surface area contributed by atoms with Gasteiger partial charge in [0.1, 0.15) is 4.87 Å². The third-order valence-electron chi connectivity index (χ3n) is 4.72. The van der Waals surface area contributed by atoms with Gasteiger partial charge in [-0.1, -0.05) is 54.6 Å². The van der Waals surface area contributed by atoms with E-state index in [-0.39, 0.29) is 11.8 Å². The number of nitrogens with zero attached hydrogens (tertiary/aromatic N) is 1. The van der Waals surface area contributed by atoms with Gasteiger partial charge in [0.15, 0.2) is 12.2 Å². The molecule has 1 saturated carbocycles. The van der Waals surface area contributed by atoms with Crippen LogP contribution in [-0.2, 0) is 4.79 Å². The molecule has 1 aliphatic rings. The summed E-state index contributed by atoms with van der Waals surface area (Å²) in [5.74, 6) is -0.356. The van der Waals surface area contributed by atoms with Crippen molar-refractivity contribution in [3.8, 4) is 11.3 Å². The molecule has 1 aliphatic carbocycles. The van der Waals surface area contributed by atoms with Crippen LogP contribution in [0.15, 0.2) is 71.6 Å². The lowest BCUT2D eigenvalue weighted by atomic mass is 10.0. The smallest absolute Gasteiger partial charge is 0.265 e. The third-order valence-corrected chi connectivity index (χ3v) is 5.37. The van der Waals surface area contributed by atoms with E-state index in [9.17, 15) is 4.79 Å². The molecule has 0 unspecified atom stereocenters. The molecule has 4 rings (SSSR count). The van der Waals surface area contributed by atoms with Crippen molar-refractivity contribution in [2.24, 2.45) is 0 Å². The fourth-order valence-electron chi connectivity index (χ4n) is 3.47. The number of benzene rings is 2. The van der Waals surface area contributed by atoms with Crippen molar-refractivity contribution >= 4 is 17.5 Å². The Morgan fingerprint density at radius 2 is 1.72 bits per heavy atom. The second-order valence-electron chi connectivity index (χ2n) is 6.06. The lowest BCUT2D eigenvalue weighted by molar-refractivity contribution is -0.129. The number of hydroxylamine groups is 1. The van der Waals surface area contributed by atoms with Gasteiger partial charge in [0.2, 0.25) is 0 Å². The van der Waals surface area contributed by atoms with Crippen LogP contribution in [-0.4, -0.2) is 21.0 Å². The fourth-order valence-corrected chi connectivity index (χ4v) is 3.95. The number of alkyl halides is 1. The minimum absolute atomic E-state index is 0.210. The number of nitrogens with one attached hydrogen (secondary N) is 1. The number of hydrogen-bond donors (Lipinski definition) is 2. The molecular weight excluding hydrogens is 340 g/mol. The maximum Gasteiger partial charge on any atom is 0.265 e. The zero-order chi connectivity index (χ0) is 17.4. The van der Waals surface area contributed by atoms with E-state index >= 15 is 0 Å². The first-order valence-electron chi connectivity index (χ1n) is 7.83. The lowest BCUT2D eigenvalue weighted by Crippen LogP contribution is -2.32. The number of halogens is 1. The van der Waals surface area contributed by atoms with Crippen molar-refractivity contribution < 1.29 is 14.4 Å². The zero-order valence-electron chi connectivity index (χ0n) is 13.1. The first kappa shape index (κ1) is 15.9. The second kappa shape index (κ2) is 6.02. The molecule has 0 spiro atoms. The van der Waals surface area contributed by atoms with Crippen LogP contribution in [0, 0.1) is 0 Å². The van der Waals surface area contributed by atoms with Gasteiger partial charge in [-0.2, -0.15) is 0 Å². The van der Waals surface area contributed by atoms with E-state index in [1.165, 1.54) is 6.39 Å². The van der Waals surface area contributed by atoms with Gasteiger partial charge in [-0.3, -0.25) is 10.0 Å². The normalized spacial score (nSPS) is 24.7. The predicted octanol–water partition coefficient (Wildman–Crippen LogP) is 3.71. The number of amides is 1. The highest BCUT2D eigenvalue weighted by Gasteiger charge is 2.69. The Hall–Kier alpha value is -2.63. The Morgan fingerprint density at radius 3 is 2.28 bits per heavy atom. The van der Waals surface area contributed by atoms with Crippen LogP contribution in [0.5, 0.6) is 0 Å². The molecule has 1 aromatic heterocycles. The quantitative estimate of drug-likeness (QED) is 0.425. The second-order valence-corrected chi connectivity index (χ2v) is 6.69. The molecule has 3 aromatic rings. The maximum atomic E-state index is 12.2. The lowest BCUT2D eigenvalue weighted by Gasteiger charge is -2.07. The summed E-state index contributed by atoms with van der Waals surface area (Å²) in [6.45, 7) is 0. The van der Waals surface area contributed by atoms with Crippen molar-refractivity contribution in [3.63, 3.8) is 0 Å². The van der Waals surface area contributed by atoms with E-state index in [0.717, 1.165) is 16.7 Å². The monoisotopic (exact) mass is 354 g/mol. The predicted molar refractivity (Wildman–Crippen MR) is 92.4 cm³/mol. The summed E-state index contributed by atoms with van der Waals surface area (Å²) in [6, 6.07) is 17.3. The van der Waals surface area contributed by atoms with Gasteiger partial charge in [0.25, 0.3) is 5.91 Å². The molecular formula is C19H15ClN2O3. The number of aromatic nitrogens is 1. The highest BCUT2D eigenvalue weighted by molar-refractivity contribution is 6.39. The Labute approximate surface area is 149 Å². The molecule has 0 radical (unpaired) electrons. The fraction of sp³-hybridized carbons (Fsp3) is 0.158. The summed E-state index contributed by atoms with van der Waals surface area (Å²) in [7, 11) is 0. The van der Waals surface area contributed by atoms with E-state index < -0.39 is 10.8 Å². The average molecular weight is 355 g/mol. The summed E-state index contributed by atoms with van der Waals surface area (Å²) in [4.78, 5) is 14.9. The van der Waals surface area contributed by atoms with Gasteiger partial charge in [-0.15, -0.1) is 11.6 Å². The standard InChI is InChI=1S/C19H15ClN2O3/c20-19(18(23)22-24)16(13-4-2-1-3-5-13)17(19)14-8-6-12(7-9-14)15-10-21-11-25-15/h1-11,16-17,24H,(H,22,23)/t16-,17-,19+/m1/s1. The summed E-state index contributed by atoms with van der Waals surface area (Å²) in [5.41, 5.74) is 4.49. The largest absolute Gasteiger partial charge is 0.444 e. The number of carbonyl (C=O) groups excluding carboxylic acids is 1. The Balaban J connectivity index is 1.69. The van der Waals surface area contributed by atoms with E-state index in [0.29, 0.717) is 5.76 Å². The first-order chi connectivity index (χ1) is 12.2. The molecule has 6 heteroatoms. The van der Waals surface area contributed by atoms with Gasteiger partial charge in [0.05, 0.1) is 6.20 Å². The molecule has 0 aliphatic heterocycles. The van der Waals surface area contributed by atoms with Gasteiger partial charge in [-0.25, -0.2) is 10.5 Å². The highest BCUT2D eigenvalue weighted by atomic mass is 35.5. The molecule has 5 nitrogen and oxygen atoms in total. The number of rotatable bonds is 4. The Kier molecular flexibility index (Phi) is 3.82. The zero-order valence-corrected chi connectivity index (χ0v) is 13.9. The summed E-state index contributed by atoms with van der Waals surface area (Å²) < 4.78 is 5.29. The van der Waals surface area contributed by atoms with E-state index in [2.05, 4.69) is 4.98 Å². The van der Waals surface area contributed by atoms with Crippen molar-refractivity contribution in [1.29, 1.82) is 0 Å². The van der Waals surface area contributed by atoms with Gasteiger partial charge < -0.3 is 4.42 Å². The van der Waals surface area contributed by atoms with Gasteiger partial charge >= 0.3 is 0 Å². The third kappa shape index (κ3) is 2.52. The van der Waals surface area contributed by atoms with E-state index in [1.807, 2.05) is 54.6 Å². The molecule has 1 fully saturated rings. The molecule has 25 heavy (non-hydrogen) atoms. The number of carbonyl (C=O) groups is 1. The van der Waals surface area contributed by atoms with Crippen LogP contribution < -0.4 is 5.48 Å². The SMILES string of the molecule is O=C(NO)[C@]1(Cl)[C@H](c2ccccc2)[C@H]1c1ccc(-c2cnco2)cc1. The molecule has 0 bridgehead atoms. The molecule has 0 saturated heterocycles.